The molecule has 1 aliphatic heterocycles. The molecule has 3 aliphatic rings. The summed E-state index contributed by atoms with van der Waals surface area (Å²) in [6, 6.07) is 0. The second-order valence-electron chi connectivity index (χ2n) is 7.49. The first-order valence-electron chi connectivity index (χ1n) is 7.90. The number of hydrogen-bond donors (Lipinski definition) is 1. The van der Waals surface area contributed by atoms with Gasteiger partial charge in [0.15, 0.2) is 5.78 Å². The SMILES string of the molecule is CC12CCC(C(=O)N3CCCCC3)(C(=O)/C1=N\O)C2(C)C. The van der Waals surface area contributed by atoms with Gasteiger partial charge >= 0.3 is 0 Å². The molecule has 2 saturated carbocycles. The van der Waals surface area contributed by atoms with Gasteiger partial charge in [-0.15, -0.1) is 0 Å². The Labute approximate surface area is 125 Å². The quantitative estimate of drug-likeness (QED) is 0.458. The molecule has 3 fully saturated rings. The van der Waals surface area contributed by atoms with E-state index in [0.717, 1.165) is 38.8 Å². The van der Waals surface area contributed by atoms with E-state index in [-0.39, 0.29) is 17.4 Å². The van der Waals surface area contributed by atoms with E-state index in [1.54, 1.807) is 0 Å². The summed E-state index contributed by atoms with van der Waals surface area (Å²) in [5, 5.41) is 12.6. The molecule has 2 bridgehead atoms. The molecule has 1 saturated heterocycles. The summed E-state index contributed by atoms with van der Waals surface area (Å²) in [6.07, 6.45) is 4.47. The minimum absolute atomic E-state index is 0.0421. The van der Waals surface area contributed by atoms with Crippen molar-refractivity contribution in [3.8, 4) is 0 Å². The third-order valence-corrected chi connectivity index (χ3v) is 6.68. The maximum absolute atomic E-state index is 13.2. The number of carbonyl (C=O) groups excluding carboxylic acids is 2. The number of rotatable bonds is 1. The van der Waals surface area contributed by atoms with Crippen LogP contribution in [0.25, 0.3) is 0 Å². The van der Waals surface area contributed by atoms with Crippen LogP contribution >= 0.6 is 0 Å². The number of piperidine rings is 1. The van der Waals surface area contributed by atoms with Crippen LogP contribution in [0, 0.1) is 16.2 Å². The van der Waals surface area contributed by atoms with Crippen LogP contribution < -0.4 is 0 Å². The Morgan fingerprint density at radius 2 is 1.76 bits per heavy atom. The summed E-state index contributed by atoms with van der Waals surface area (Å²) in [5.41, 5.74) is -1.85. The Bertz CT molecular complexity index is 534. The van der Waals surface area contributed by atoms with E-state index >= 15 is 0 Å². The normalized spacial score (nSPS) is 40.0. The fraction of sp³-hybridized carbons (Fsp3) is 0.812. The smallest absolute Gasteiger partial charge is 0.237 e. The average molecular weight is 292 g/mol. The number of hydrogen-bond acceptors (Lipinski definition) is 4. The first kappa shape index (κ1) is 14.5. The Kier molecular flexibility index (Phi) is 2.98. The molecule has 21 heavy (non-hydrogen) atoms. The van der Waals surface area contributed by atoms with Crippen LogP contribution in [0.2, 0.25) is 0 Å². The van der Waals surface area contributed by atoms with E-state index in [0.29, 0.717) is 6.42 Å². The van der Waals surface area contributed by atoms with Gasteiger partial charge in [0.1, 0.15) is 11.1 Å². The minimum Gasteiger partial charge on any atom is -0.411 e. The summed E-state index contributed by atoms with van der Waals surface area (Å²) in [5.74, 6) is -0.293. The number of carbonyl (C=O) groups is 2. The van der Waals surface area contributed by atoms with E-state index in [4.69, 9.17) is 0 Å². The zero-order chi connectivity index (χ0) is 15.5. The van der Waals surface area contributed by atoms with E-state index in [1.807, 2.05) is 25.7 Å². The highest BCUT2D eigenvalue weighted by molar-refractivity contribution is 6.50. The van der Waals surface area contributed by atoms with Gasteiger partial charge in [0.2, 0.25) is 5.91 Å². The van der Waals surface area contributed by atoms with E-state index < -0.39 is 16.2 Å². The first-order valence-corrected chi connectivity index (χ1v) is 7.90. The number of ketones is 1. The standard InChI is InChI=1S/C16H24N2O3/c1-14(2)15(3)7-8-16(14,12(19)11(15)17-21)13(20)18-9-5-4-6-10-18/h21H,4-10H2,1-3H3/b17-11+. The molecule has 1 N–H and O–H groups in total. The van der Waals surface area contributed by atoms with Gasteiger partial charge in [-0.2, -0.15) is 0 Å². The lowest BCUT2D eigenvalue weighted by Gasteiger charge is -2.41. The van der Waals surface area contributed by atoms with Gasteiger partial charge in [0.25, 0.3) is 0 Å². The molecule has 5 nitrogen and oxygen atoms in total. The molecule has 2 atom stereocenters. The highest BCUT2D eigenvalue weighted by atomic mass is 16.4. The van der Waals surface area contributed by atoms with Crippen molar-refractivity contribution in [3.05, 3.63) is 0 Å². The van der Waals surface area contributed by atoms with Gasteiger partial charge < -0.3 is 10.1 Å². The average Bonchev–Trinajstić information content (AvgIpc) is 2.75. The van der Waals surface area contributed by atoms with E-state index in [2.05, 4.69) is 5.16 Å². The molecule has 3 rings (SSSR count). The molecular weight excluding hydrogens is 268 g/mol. The van der Waals surface area contributed by atoms with Crippen molar-refractivity contribution in [2.24, 2.45) is 21.4 Å². The van der Waals surface area contributed by atoms with Crippen molar-refractivity contribution in [3.63, 3.8) is 0 Å². The Morgan fingerprint density at radius 3 is 2.29 bits per heavy atom. The molecular formula is C16H24N2O3. The second-order valence-corrected chi connectivity index (χ2v) is 7.49. The van der Waals surface area contributed by atoms with Crippen LogP contribution in [0.5, 0.6) is 0 Å². The van der Waals surface area contributed by atoms with Gasteiger partial charge in [0.05, 0.1) is 0 Å². The molecule has 116 valence electrons. The van der Waals surface area contributed by atoms with Crippen molar-refractivity contribution >= 4 is 17.4 Å². The largest absolute Gasteiger partial charge is 0.411 e. The monoisotopic (exact) mass is 292 g/mol. The molecule has 0 aromatic carbocycles. The molecule has 0 aromatic heterocycles. The third-order valence-electron chi connectivity index (χ3n) is 6.68. The predicted octanol–water partition coefficient (Wildman–Crippen LogP) is 2.22. The molecule has 2 unspecified atom stereocenters. The van der Waals surface area contributed by atoms with E-state index in [1.165, 1.54) is 0 Å². The van der Waals surface area contributed by atoms with E-state index in [9.17, 15) is 14.8 Å². The minimum atomic E-state index is -1.03. The van der Waals surface area contributed by atoms with Gasteiger partial charge in [-0.05, 0) is 37.5 Å². The summed E-state index contributed by atoms with van der Waals surface area (Å²) >= 11 is 0. The fourth-order valence-electron chi connectivity index (χ4n) is 4.79. The van der Waals surface area contributed by atoms with Crippen LogP contribution in [0.3, 0.4) is 0 Å². The lowest BCUT2D eigenvalue weighted by molar-refractivity contribution is -0.153. The second kappa shape index (κ2) is 4.31. The predicted molar refractivity (Wildman–Crippen MR) is 78.2 cm³/mol. The van der Waals surface area contributed by atoms with Crippen LogP contribution in [0.15, 0.2) is 5.16 Å². The van der Waals surface area contributed by atoms with Gasteiger partial charge in [-0.25, -0.2) is 0 Å². The Hall–Kier alpha value is -1.39. The highest BCUT2D eigenvalue weighted by Gasteiger charge is 2.77. The number of oxime groups is 1. The number of Topliss-reactive ketones (excluding diaryl/α,β-unsaturated/α-hetero) is 1. The van der Waals surface area contributed by atoms with Gasteiger partial charge in [0, 0.05) is 18.5 Å². The molecule has 0 aromatic rings. The zero-order valence-corrected chi connectivity index (χ0v) is 13.1. The van der Waals surface area contributed by atoms with Crippen molar-refractivity contribution in [2.45, 2.75) is 52.9 Å². The topological polar surface area (TPSA) is 70.0 Å². The summed E-state index contributed by atoms with van der Waals surface area (Å²) in [6.45, 7) is 7.41. The van der Waals surface area contributed by atoms with Crippen molar-refractivity contribution in [1.82, 2.24) is 4.90 Å². The maximum Gasteiger partial charge on any atom is 0.237 e. The Balaban J connectivity index is 2.07. The van der Waals surface area contributed by atoms with Crippen molar-refractivity contribution in [1.29, 1.82) is 0 Å². The van der Waals surface area contributed by atoms with Crippen LogP contribution in [0.4, 0.5) is 0 Å². The van der Waals surface area contributed by atoms with Crippen LogP contribution in [0.1, 0.15) is 52.9 Å². The zero-order valence-electron chi connectivity index (χ0n) is 13.1. The summed E-state index contributed by atoms with van der Waals surface area (Å²) in [7, 11) is 0. The van der Waals surface area contributed by atoms with Crippen LogP contribution in [-0.4, -0.2) is 40.6 Å². The molecule has 2 aliphatic carbocycles. The molecule has 1 heterocycles. The number of likely N-dealkylation sites (tertiary alicyclic amines) is 1. The highest BCUT2D eigenvalue weighted by Crippen LogP contribution is 2.69. The van der Waals surface area contributed by atoms with Gasteiger partial charge in [-0.1, -0.05) is 25.9 Å². The third kappa shape index (κ3) is 1.44. The van der Waals surface area contributed by atoms with Crippen molar-refractivity contribution in [2.75, 3.05) is 13.1 Å². The summed E-state index contributed by atoms with van der Waals surface area (Å²) < 4.78 is 0. The maximum atomic E-state index is 13.2. The lowest BCUT2D eigenvalue weighted by Crippen LogP contribution is -2.53. The number of nitrogens with zero attached hydrogens (tertiary/aromatic N) is 2. The van der Waals surface area contributed by atoms with Crippen molar-refractivity contribution < 1.29 is 14.8 Å². The fourth-order valence-corrected chi connectivity index (χ4v) is 4.79. The number of fused-ring (bicyclic) bond motifs is 2. The molecule has 5 heteroatoms. The summed E-state index contributed by atoms with van der Waals surface area (Å²) in [4.78, 5) is 27.9. The Morgan fingerprint density at radius 1 is 1.14 bits per heavy atom. The molecule has 1 amide bonds. The lowest BCUT2D eigenvalue weighted by atomic mass is 9.64. The van der Waals surface area contributed by atoms with Gasteiger partial charge in [-0.3, -0.25) is 9.59 Å². The molecule has 0 radical (unpaired) electrons. The van der Waals surface area contributed by atoms with Crippen LogP contribution in [-0.2, 0) is 9.59 Å². The molecule has 0 spiro atoms. The number of amides is 1. The first-order chi connectivity index (χ1) is 9.83.